The minimum absolute atomic E-state index is 0.0449. The van der Waals surface area contributed by atoms with E-state index < -0.39 is 11.6 Å². The molecule has 156 valence electrons. The van der Waals surface area contributed by atoms with Gasteiger partial charge in [-0.1, -0.05) is 48.2 Å². The highest BCUT2D eigenvalue weighted by Crippen LogP contribution is 2.44. The Labute approximate surface area is 188 Å². The van der Waals surface area contributed by atoms with Crippen LogP contribution in [-0.4, -0.2) is 21.8 Å². The number of carbonyl (C=O) groups excluding carboxylic acids is 2. The predicted molar refractivity (Wildman–Crippen MR) is 123 cm³/mol. The number of phenolic OH excluding ortho intramolecular Hbond substituents is 2. The third kappa shape index (κ3) is 3.31. The second-order valence-electron chi connectivity index (χ2n) is 7.28. The van der Waals surface area contributed by atoms with E-state index in [2.05, 4.69) is 5.32 Å². The molecule has 5 nitrogen and oxygen atoms in total. The van der Waals surface area contributed by atoms with Gasteiger partial charge in [-0.05, 0) is 48.5 Å². The van der Waals surface area contributed by atoms with E-state index in [1.165, 1.54) is 23.9 Å². The van der Waals surface area contributed by atoms with Crippen LogP contribution >= 0.6 is 11.8 Å². The highest BCUT2D eigenvalue weighted by Gasteiger charge is 2.38. The normalized spacial score (nSPS) is 12.2. The number of fused-ring (bicyclic) bond motifs is 2. The van der Waals surface area contributed by atoms with Gasteiger partial charge >= 0.3 is 0 Å². The minimum Gasteiger partial charge on any atom is -0.507 e. The molecule has 0 atom stereocenters. The largest absolute Gasteiger partial charge is 0.507 e. The summed E-state index contributed by atoms with van der Waals surface area (Å²) in [5.74, 6) is -1.56. The number of aromatic hydroxyl groups is 2. The highest BCUT2D eigenvalue weighted by atomic mass is 32.2. The van der Waals surface area contributed by atoms with E-state index >= 15 is 0 Å². The Morgan fingerprint density at radius 2 is 1.16 bits per heavy atom. The molecule has 0 saturated carbocycles. The smallest absolute Gasteiger partial charge is 0.200 e. The van der Waals surface area contributed by atoms with Gasteiger partial charge in [-0.3, -0.25) is 9.59 Å². The fourth-order valence-corrected chi connectivity index (χ4v) is 4.80. The van der Waals surface area contributed by atoms with Crippen molar-refractivity contribution >= 4 is 34.7 Å². The van der Waals surface area contributed by atoms with Crippen LogP contribution in [-0.2, 0) is 0 Å². The summed E-state index contributed by atoms with van der Waals surface area (Å²) in [5, 5.41) is 24.2. The van der Waals surface area contributed by atoms with E-state index in [1.807, 2.05) is 60.7 Å². The van der Waals surface area contributed by atoms with Gasteiger partial charge in [0.2, 0.25) is 5.78 Å². The minimum atomic E-state index is -0.517. The number of hydrogen-bond donors (Lipinski definition) is 3. The van der Waals surface area contributed by atoms with Crippen molar-refractivity contribution in [1.29, 1.82) is 0 Å². The summed E-state index contributed by atoms with van der Waals surface area (Å²) in [6.45, 7) is 0. The van der Waals surface area contributed by atoms with E-state index in [9.17, 15) is 19.8 Å². The van der Waals surface area contributed by atoms with Gasteiger partial charge in [-0.2, -0.15) is 0 Å². The van der Waals surface area contributed by atoms with Crippen LogP contribution in [0.25, 0.3) is 0 Å². The summed E-state index contributed by atoms with van der Waals surface area (Å²) in [7, 11) is 0. The maximum atomic E-state index is 13.6. The molecule has 0 bridgehead atoms. The Bertz CT molecular complexity index is 1260. The van der Waals surface area contributed by atoms with Gasteiger partial charge in [-0.25, -0.2) is 0 Å². The molecule has 0 radical (unpaired) electrons. The molecule has 0 heterocycles. The van der Waals surface area contributed by atoms with Gasteiger partial charge in [0.15, 0.2) is 5.78 Å². The van der Waals surface area contributed by atoms with Crippen molar-refractivity contribution in [3.05, 3.63) is 107 Å². The first kappa shape index (κ1) is 19.9. The molecule has 0 aliphatic heterocycles. The summed E-state index contributed by atoms with van der Waals surface area (Å²) < 4.78 is 0. The summed E-state index contributed by atoms with van der Waals surface area (Å²) >= 11 is 1.32. The Morgan fingerprint density at radius 3 is 1.84 bits per heavy atom. The molecular formula is C26H17NO4S. The monoisotopic (exact) mass is 439 g/mol. The average molecular weight is 439 g/mol. The van der Waals surface area contributed by atoms with Crippen LogP contribution in [0.1, 0.15) is 31.8 Å². The lowest BCUT2D eigenvalue weighted by molar-refractivity contribution is 0.0972. The van der Waals surface area contributed by atoms with Gasteiger partial charge in [0.25, 0.3) is 0 Å². The first-order valence-corrected chi connectivity index (χ1v) is 10.7. The van der Waals surface area contributed by atoms with Crippen LogP contribution in [0.2, 0.25) is 0 Å². The lowest BCUT2D eigenvalue weighted by Gasteiger charge is -2.24. The molecule has 4 aromatic rings. The van der Waals surface area contributed by atoms with Crippen LogP contribution in [0.15, 0.2) is 94.7 Å². The first-order valence-electron chi connectivity index (χ1n) is 9.91. The van der Waals surface area contributed by atoms with Crippen LogP contribution < -0.4 is 5.32 Å². The van der Waals surface area contributed by atoms with Crippen molar-refractivity contribution in [3.63, 3.8) is 0 Å². The molecule has 5 rings (SSSR count). The maximum Gasteiger partial charge on any atom is 0.200 e. The van der Waals surface area contributed by atoms with Crippen LogP contribution in [0.4, 0.5) is 11.4 Å². The zero-order chi connectivity index (χ0) is 22.2. The zero-order valence-electron chi connectivity index (χ0n) is 16.7. The van der Waals surface area contributed by atoms with Crippen molar-refractivity contribution in [2.24, 2.45) is 0 Å². The summed E-state index contributed by atoms with van der Waals surface area (Å²) in [6.07, 6.45) is 0. The Balaban J connectivity index is 1.67. The lowest BCUT2D eigenvalue weighted by Crippen LogP contribution is -2.23. The average Bonchev–Trinajstić information content (AvgIpc) is 2.81. The molecule has 0 unspecified atom stereocenters. The quantitative estimate of drug-likeness (QED) is 0.308. The number of hydrogen-bond acceptors (Lipinski definition) is 6. The topological polar surface area (TPSA) is 86.6 Å². The molecule has 0 spiro atoms. The zero-order valence-corrected chi connectivity index (χ0v) is 17.5. The van der Waals surface area contributed by atoms with Gasteiger partial charge in [0.1, 0.15) is 11.5 Å². The van der Waals surface area contributed by atoms with Crippen molar-refractivity contribution in [2.75, 3.05) is 5.32 Å². The van der Waals surface area contributed by atoms with E-state index in [0.717, 1.165) is 10.6 Å². The molecule has 1 aliphatic rings. The van der Waals surface area contributed by atoms with E-state index in [1.54, 1.807) is 12.1 Å². The number of phenols is 2. The fourth-order valence-electron chi connectivity index (χ4n) is 3.82. The molecule has 3 N–H and O–H groups in total. The van der Waals surface area contributed by atoms with Crippen LogP contribution in [0.5, 0.6) is 11.5 Å². The Hall–Kier alpha value is -4.03. The SMILES string of the molecule is O=C1c2c(O)ccc(Sc3ccccc3)c2C(=O)c2c(O)ccc(Nc3ccccc3)c21. The number of benzene rings is 4. The van der Waals surface area contributed by atoms with Crippen LogP contribution in [0.3, 0.4) is 0 Å². The number of ketones is 2. The van der Waals surface area contributed by atoms with Gasteiger partial charge in [0.05, 0.1) is 27.9 Å². The Kier molecular flexibility index (Phi) is 4.92. The number of carbonyl (C=O) groups is 2. The second-order valence-corrected chi connectivity index (χ2v) is 8.39. The van der Waals surface area contributed by atoms with Crippen molar-refractivity contribution in [2.45, 2.75) is 9.79 Å². The van der Waals surface area contributed by atoms with Crippen LogP contribution in [0, 0.1) is 0 Å². The number of nitrogens with one attached hydrogen (secondary N) is 1. The molecular weight excluding hydrogens is 422 g/mol. The summed E-state index contributed by atoms with van der Waals surface area (Å²) in [5.41, 5.74) is 1.14. The van der Waals surface area contributed by atoms with Crippen molar-refractivity contribution in [1.82, 2.24) is 0 Å². The molecule has 0 aromatic heterocycles. The molecule has 0 fully saturated rings. The van der Waals surface area contributed by atoms with E-state index in [0.29, 0.717) is 10.6 Å². The van der Waals surface area contributed by atoms with E-state index in [-0.39, 0.29) is 33.8 Å². The van der Waals surface area contributed by atoms with Gasteiger partial charge < -0.3 is 15.5 Å². The molecule has 6 heteroatoms. The van der Waals surface area contributed by atoms with E-state index in [4.69, 9.17) is 0 Å². The first-order chi connectivity index (χ1) is 15.5. The van der Waals surface area contributed by atoms with Gasteiger partial charge in [-0.15, -0.1) is 0 Å². The van der Waals surface area contributed by atoms with Gasteiger partial charge in [0, 0.05) is 15.5 Å². The number of para-hydroxylation sites is 1. The lowest BCUT2D eigenvalue weighted by atomic mass is 9.82. The predicted octanol–water partition coefficient (Wildman–Crippen LogP) is 5.77. The summed E-state index contributed by atoms with van der Waals surface area (Å²) in [6, 6.07) is 24.6. The molecule has 1 aliphatic carbocycles. The molecule has 32 heavy (non-hydrogen) atoms. The standard InChI is InChI=1S/C26H17NO4S/c28-18-12-11-17(27-15-7-3-1-4-8-15)21-22(18)26(31)24-20(32-16-9-5-2-6-10-16)14-13-19(29)23(24)25(21)30/h1-14,27-29H. The van der Waals surface area contributed by atoms with Crippen molar-refractivity contribution < 1.29 is 19.8 Å². The third-order valence-corrected chi connectivity index (χ3v) is 6.33. The fraction of sp³-hybridized carbons (Fsp3) is 0. The number of rotatable bonds is 4. The molecule has 0 saturated heterocycles. The van der Waals surface area contributed by atoms with Crippen molar-refractivity contribution in [3.8, 4) is 11.5 Å². The molecule has 4 aromatic carbocycles. The second kappa shape index (κ2) is 7.90. The number of anilines is 2. The maximum absolute atomic E-state index is 13.6. The highest BCUT2D eigenvalue weighted by molar-refractivity contribution is 7.99. The Morgan fingerprint density at radius 1 is 0.594 bits per heavy atom. The summed E-state index contributed by atoms with van der Waals surface area (Å²) in [4.78, 5) is 28.6. The third-order valence-electron chi connectivity index (χ3n) is 5.26. The molecule has 0 amide bonds.